The summed E-state index contributed by atoms with van der Waals surface area (Å²) >= 11 is 0. The largest absolute Gasteiger partial charge is 0.0622 e. The first kappa shape index (κ1) is 33.8. The van der Waals surface area contributed by atoms with Crippen LogP contribution in [0.3, 0.4) is 0 Å². The summed E-state index contributed by atoms with van der Waals surface area (Å²) in [5, 5.41) is 9.97. The van der Waals surface area contributed by atoms with Crippen LogP contribution in [0.1, 0.15) is 0 Å². The van der Waals surface area contributed by atoms with Gasteiger partial charge < -0.3 is 0 Å². The number of fused-ring (bicyclic) bond motifs is 5. The van der Waals surface area contributed by atoms with Crippen LogP contribution in [0.25, 0.3) is 110 Å². The minimum atomic E-state index is 1.20. The van der Waals surface area contributed by atoms with Gasteiger partial charge in [-0.25, -0.2) is 0 Å². The fourth-order valence-corrected chi connectivity index (χ4v) is 9.14. The summed E-state index contributed by atoms with van der Waals surface area (Å²) in [6.07, 6.45) is 0. The van der Waals surface area contributed by atoms with Crippen molar-refractivity contribution in [2.75, 3.05) is 0 Å². The average Bonchev–Trinajstić information content (AvgIpc) is 3.31. The molecule has 0 saturated carbocycles. The lowest BCUT2D eigenvalue weighted by atomic mass is 9.82. The van der Waals surface area contributed by atoms with Crippen LogP contribution in [0.5, 0.6) is 0 Å². The Morgan fingerprint density at radius 2 is 0.517 bits per heavy atom. The van der Waals surface area contributed by atoms with E-state index in [4.69, 9.17) is 0 Å². The highest BCUT2D eigenvalue weighted by Gasteiger charge is 2.21. The number of hydrogen-bond donors (Lipinski definition) is 0. The fourth-order valence-electron chi connectivity index (χ4n) is 9.14. The summed E-state index contributed by atoms with van der Waals surface area (Å²) in [6, 6.07) is 84.7. The minimum Gasteiger partial charge on any atom is -0.0622 e. The van der Waals surface area contributed by atoms with Gasteiger partial charge in [-0.15, -0.1) is 0 Å². The van der Waals surface area contributed by atoms with Gasteiger partial charge in [-0.05, 0) is 134 Å². The van der Waals surface area contributed by atoms with Crippen LogP contribution in [0, 0.1) is 0 Å². The van der Waals surface area contributed by atoms with E-state index < -0.39 is 0 Å². The molecule has 11 aromatic carbocycles. The zero-order valence-corrected chi connectivity index (χ0v) is 31.9. The van der Waals surface area contributed by atoms with Crippen molar-refractivity contribution in [1.29, 1.82) is 0 Å². The van der Waals surface area contributed by atoms with Crippen LogP contribution in [-0.2, 0) is 0 Å². The number of benzene rings is 11. The van der Waals surface area contributed by atoms with Gasteiger partial charge in [-0.3, -0.25) is 0 Å². The van der Waals surface area contributed by atoms with E-state index in [9.17, 15) is 0 Å². The smallest absolute Gasteiger partial charge is 0.00201 e. The molecule has 0 bridgehead atoms. The third-order valence-electron chi connectivity index (χ3n) is 11.8. The summed E-state index contributed by atoms with van der Waals surface area (Å²) < 4.78 is 0. The van der Waals surface area contributed by atoms with Gasteiger partial charge in [-0.2, -0.15) is 0 Å². The Morgan fingerprint density at radius 3 is 0.983 bits per heavy atom. The molecular formula is C58H38. The first-order valence-corrected chi connectivity index (χ1v) is 20.1. The predicted octanol–water partition coefficient (Wildman–Crippen LogP) is 16.3. The maximum absolute atomic E-state index is 2.45. The quantitative estimate of drug-likeness (QED) is 0.149. The van der Waals surface area contributed by atoms with Gasteiger partial charge in [0, 0.05) is 0 Å². The van der Waals surface area contributed by atoms with Crippen molar-refractivity contribution in [3.05, 3.63) is 231 Å². The summed E-state index contributed by atoms with van der Waals surface area (Å²) in [5.41, 5.74) is 14.7. The van der Waals surface area contributed by atoms with Crippen LogP contribution in [0.15, 0.2) is 231 Å². The molecule has 270 valence electrons. The SMILES string of the molecule is c1ccc(-c2cc3ccccc3cc2-c2ccc3c(c2)c(-c2ccccc2)c(-c2ccccc2)c2cc(-c4ccc(-c5ccccc5)c5ccccc45)ccc23)cc1. The molecule has 0 aliphatic heterocycles. The third kappa shape index (κ3) is 5.78. The van der Waals surface area contributed by atoms with E-state index >= 15 is 0 Å². The minimum absolute atomic E-state index is 1.20. The maximum Gasteiger partial charge on any atom is -0.00201 e. The molecule has 0 heterocycles. The van der Waals surface area contributed by atoms with E-state index in [-0.39, 0.29) is 0 Å². The number of hydrogen-bond acceptors (Lipinski definition) is 0. The van der Waals surface area contributed by atoms with Crippen molar-refractivity contribution in [3.63, 3.8) is 0 Å². The van der Waals surface area contributed by atoms with Gasteiger partial charge in [0.05, 0.1) is 0 Å². The van der Waals surface area contributed by atoms with Crippen molar-refractivity contribution in [2.24, 2.45) is 0 Å². The second kappa shape index (κ2) is 14.2. The normalized spacial score (nSPS) is 11.4. The summed E-state index contributed by atoms with van der Waals surface area (Å²) in [4.78, 5) is 0. The highest BCUT2D eigenvalue weighted by molar-refractivity contribution is 6.23. The van der Waals surface area contributed by atoms with Crippen molar-refractivity contribution >= 4 is 43.1 Å². The first-order valence-electron chi connectivity index (χ1n) is 20.1. The molecule has 11 aromatic rings. The van der Waals surface area contributed by atoms with Gasteiger partial charge in [0.25, 0.3) is 0 Å². The van der Waals surface area contributed by atoms with E-state index in [2.05, 4.69) is 231 Å². The van der Waals surface area contributed by atoms with Gasteiger partial charge in [0.15, 0.2) is 0 Å². The molecule has 0 amide bonds. The van der Waals surface area contributed by atoms with Crippen molar-refractivity contribution in [3.8, 4) is 66.8 Å². The van der Waals surface area contributed by atoms with Gasteiger partial charge in [0.2, 0.25) is 0 Å². The molecule has 0 atom stereocenters. The summed E-state index contributed by atoms with van der Waals surface area (Å²) in [7, 11) is 0. The van der Waals surface area contributed by atoms with Crippen molar-refractivity contribution in [1.82, 2.24) is 0 Å². The van der Waals surface area contributed by atoms with E-state index in [1.807, 2.05) is 0 Å². The molecule has 0 aromatic heterocycles. The van der Waals surface area contributed by atoms with Gasteiger partial charge in [-0.1, -0.05) is 206 Å². The molecule has 11 rings (SSSR count). The molecule has 0 saturated heterocycles. The molecule has 58 heavy (non-hydrogen) atoms. The zero-order valence-electron chi connectivity index (χ0n) is 31.9. The lowest BCUT2D eigenvalue weighted by Gasteiger charge is -2.21. The predicted molar refractivity (Wildman–Crippen MR) is 249 cm³/mol. The van der Waals surface area contributed by atoms with Crippen LogP contribution < -0.4 is 0 Å². The Morgan fingerprint density at radius 1 is 0.172 bits per heavy atom. The molecule has 0 nitrogen and oxygen atoms in total. The maximum atomic E-state index is 2.45. The van der Waals surface area contributed by atoms with Gasteiger partial charge in [0.1, 0.15) is 0 Å². The third-order valence-corrected chi connectivity index (χ3v) is 11.8. The molecule has 0 radical (unpaired) electrons. The lowest BCUT2D eigenvalue weighted by molar-refractivity contribution is 1.60. The van der Waals surface area contributed by atoms with E-state index in [0.717, 1.165) is 0 Å². The summed E-state index contributed by atoms with van der Waals surface area (Å²) in [5.74, 6) is 0. The molecule has 0 heteroatoms. The highest BCUT2D eigenvalue weighted by Crippen LogP contribution is 2.48. The zero-order chi connectivity index (χ0) is 38.4. The Kier molecular flexibility index (Phi) is 8.26. The second-order valence-electron chi connectivity index (χ2n) is 15.2. The molecule has 0 spiro atoms. The summed E-state index contributed by atoms with van der Waals surface area (Å²) in [6.45, 7) is 0. The monoisotopic (exact) mass is 734 g/mol. The van der Waals surface area contributed by atoms with Crippen molar-refractivity contribution < 1.29 is 0 Å². The molecule has 0 unspecified atom stereocenters. The molecular weight excluding hydrogens is 697 g/mol. The Labute approximate surface area is 339 Å². The van der Waals surface area contributed by atoms with E-state index in [1.54, 1.807) is 0 Å². The van der Waals surface area contributed by atoms with Crippen LogP contribution in [-0.4, -0.2) is 0 Å². The first-order chi connectivity index (χ1) is 28.8. The van der Waals surface area contributed by atoms with E-state index in [1.165, 1.54) is 110 Å². The van der Waals surface area contributed by atoms with Crippen LogP contribution >= 0.6 is 0 Å². The van der Waals surface area contributed by atoms with Crippen LogP contribution in [0.2, 0.25) is 0 Å². The molecule has 0 aliphatic carbocycles. The topological polar surface area (TPSA) is 0 Å². The standard InChI is InChI=1S/C58H38/c1-5-17-39(18-6-1)47-33-34-48(50-28-16-15-27-49(47)50)45-29-31-51-52-32-30-46(54-36-44-26-14-13-25-43(44)35-53(54)40-19-7-2-8-20-40)38-56(52)58(42-23-11-4-12-24-42)57(55(51)37-45)41-21-9-3-10-22-41/h1-38H. The number of rotatable bonds is 6. The Bertz CT molecular complexity index is 3290. The highest BCUT2D eigenvalue weighted by atomic mass is 14.2. The van der Waals surface area contributed by atoms with Crippen molar-refractivity contribution in [2.45, 2.75) is 0 Å². The average molecular weight is 735 g/mol. The Hall–Kier alpha value is -7.54. The van der Waals surface area contributed by atoms with E-state index in [0.29, 0.717) is 0 Å². The fraction of sp³-hybridized carbons (Fsp3) is 0. The molecule has 0 N–H and O–H groups in total. The van der Waals surface area contributed by atoms with Gasteiger partial charge >= 0.3 is 0 Å². The van der Waals surface area contributed by atoms with Crippen LogP contribution in [0.4, 0.5) is 0 Å². The molecule has 0 aliphatic rings. The lowest BCUT2D eigenvalue weighted by Crippen LogP contribution is -1.94. The second-order valence-corrected chi connectivity index (χ2v) is 15.2. The molecule has 0 fully saturated rings. The Balaban J connectivity index is 1.21.